The average Bonchev–Trinajstić information content (AvgIpc) is 3.21. The number of aromatic nitrogens is 2. The highest BCUT2D eigenvalue weighted by atomic mass is 35.5. The van der Waals surface area contributed by atoms with Gasteiger partial charge in [0.1, 0.15) is 11.6 Å². The second-order valence-electron chi connectivity index (χ2n) is 6.79. The molecule has 0 bridgehead atoms. The van der Waals surface area contributed by atoms with Crippen LogP contribution in [0.25, 0.3) is 0 Å². The van der Waals surface area contributed by atoms with E-state index >= 15 is 0 Å². The summed E-state index contributed by atoms with van der Waals surface area (Å²) in [6.45, 7) is 2.55. The molecule has 1 fully saturated rings. The fraction of sp³-hybridized carbons (Fsp3) is 0.444. The van der Waals surface area contributed by atoms with Crippen molar-refractivity contribution < 1.29 is 18.3 Å². The molecule has 1 aromatic carbocycles. The SMILES string of the molecule is O=C(Cc1[nH]c(=S)n2c1C[C@@H](c1c(F)ccc(Cl)c1F)C2)N1CCOCC1. The van der Waals surface area contributed by atoms with Crippen LogP contribution in [0, 0.1) is 16.4 Å². The molecule has 1 N–H and O–H groups in total. The zero-order chi connectivity index (χ0) is 19.1. The van der Waals surface area contributed by atoms with E-state index < -0.39 is 17.6 Å². The third-order valence-electron chi connectivity index (χ3n) is 5.20. The zero-order valence-corrected chi connectivity index (χ0v) is 16.0. The van der Waals surface area contributed by atoms with Gasteiger partial charge in [-0.2, -0.15) is 0 Å². The highest BCUT2D eigenvalue weighted by Crippen LogP contribution is 2.36. The van der Waals surface area contributed by atoms with Gasteiger partial charge in [-0.25, -0.2) is 8.78 Å². The van der Waals surface area contributed by atoms with Gasteiger partial charge in [0.25, 0.3) is 0 Å². The molecule has 1 atom stereocenters. The number of benzene rings is 1. The molecule has 1 aromatic heterocycles. The minimum Gasteiger partial charge on any atom is -0.378 e. The van der Waals surface area contributed by atoms with E-state index in [0.717, 1.165) is 5.69 Å². The van der Waals surface area contributed by atoms with Gasteiger partial charge >= 0.3 is 0 Å². The van der Waals surface area contributed by atoms with Crippen LogP contribution < -0.4 is 0 Å². The van der Waals surface area contributed by atoms with E-state index in [4.69, 9.17) is 28.6 Å². The lowest BCUT2D eigenvalue weighted by Gasteiger charge is -2.26. The number of morpholine rings is 1. The van der Waals surface area contributed by atoms with E-state index in [-0.39, 0.29) is 22.9 Å². The molecule has 0 spiro atoms. The molecular formula is C18H18ClF2N3O2S. The van der Waals surface area contributed by atoms with Crippen LogP contribution in [0.1, 0.15) is 22.9 Å². The highest BCUT2D eigenvalue weighted by molar-refractivity contribution is 7.71. The number of halogens is 3. The lowest BCUT2D eigenvalue weighted by Crippen LogP contribution is -2.41. The molecule has 0 radical (unpaired) electrons. The summed E-state index contributed by atoms with van der Waals surface area (Å²) < 4.78 is 36.2. The summed E-state index contributed by atoms with van der Waals surface area (Å²) in [5.41, 5.74) is 1.51. The Kier molecular flexibility index (Phi) is 5.05. The molecular weight excluding hydrogens is 396 g/mol. The monoisotopic (exact) mass is 413 g/mol. The fourth-order valence-corrected chi connectivity index (χ4v) is 4.30. The van der Waals surface area contributed by atoms with Gasteiger partial charge in [0.15, 0.2) is 4.77 Å². The number of H-pyrrole nitrogens is 1. The van der Waals surface area contributed by atoms with Crippen molar-refractivity contribution in [3.8, 4) is 0 Å². The summed E-state index contributed by atoms with van der Waals surface area (Å²) in [5.74, 6) is -1.77. The van der Waals surface area contributed by atoms with Crippen molar-refractivity contribution >= 4 is 29.7 Å². The molecule has 4 rings (SSSR count). The number of nitrogens with zero attached hydrogens (tertiary/aromatic N) is 2. The molecule has 3 heterocycles. The number of aromatic amines is 1. The van der Waals surface area contributed by atoms with Crippen LogP contribution in [0.3, 0.4) is 0 Å². The molecule has 5 nitrogen and oxygen atoms in total. The molecule has 0 unspecified atom stereocenters. The summed E-state index contributed by atoms with van der Waals surface area (Å²) in [7, 11) is 0. The quantitative estimate of drug-likeness (QED) is 0.621. The van der Waals surface area contributed by atoms with Crippen molar-refractivity contribution in [1.29, 1.82) is 0 Å². The molecule has 0 saturated carbocycles. The fourth-order valence-electron chi connectivity index (χ4n) is 3.83. The predicted octanol–water partition coefficient (Wildman–Crippen LogP) is 3.22. The number of rotatable bonds is 3. The molecule has 1 amide bonds. The molecule has 0 aliphatic carbocycles. The lowest BCUT2D eigenvalue weighted by atomic mass is 9.95. The minimum atomic E-state index is -0.728. The number of nitrogens with one attached hydrogen (secondary N) is 1. The lowest BCUT2D eigenvalue weighted by molar-refractivity contribution is -0.134. The van der Waals surface area contributed by atoms with Crippen LogP contribution in [0.2, 0.25) is 5.02 Å². The minimum absolute atomic E-state index is 0.0125. The van der Waals surface area contributed by atoms with Gasteiger partial charge in [0, 0.05) is 42.5 Å². The Morgan fingerprint density at radius 2 is 2.07 bits per heavy atom. The first-order valence-corrected chi connectivity index (χ1v) is 9.53. The van der Waals surface area contributed by atoms with Crippen molar-refractivity contribution in [3.63, 3.8) is 0 Å². The van der Waals surface area contributed by atoms with Gasteiger partial charge in [0.05, 0.1) is 24.7 Å². The van der Waals surface area contributed by atoms with Crippen LogP contribution in [0.15, 0.2) is 12.1 Å². The Hall–Kier alpha value is -1.77. The number of imidazole rings is 1. The maximum absolute atomic E-state index is 14.4. The first-order valence-electron chi connectivity index (χ1n) is 8.75. The summed E-state index contributed by atoms with van der Waals surface area (Å²) in [6, 6.07) is 2.39. The van der Waals surface area contributed by atoms with E-state index in [9.17, 15) is 13.6 Å². The van der Waals surface area contributed by atoms with Crippen molar-refractivity contribution in [2.75, 3.05) is 26.3 Å². The first kappa shape index (κ1) is 18.6. The van der Waals surface area contributed by atoms with E-state index in [1.165, 1.54) is 12.1 Å². The largest absolute Gasteiger partial charge is 0.378 e. The second-order valence-corrected chi connectivity index (χ2v) is 7.59. The van der Waals surface area contributed by atoms with Crippen molar-refractivity contribution in [2.24, 2.45) is 0 Å². The summed E-state index contributed by atoms with van der Waals surface area (Å²) >= 11 is 11.2. The second kappa shape index (κ2) is 7.33. The Labute approximate surface area is 164 Å². The Morgan fingerprint density at radius 3 is 2.81 bits per heavy atom. The van der Waals surface area contributed by atoms with Gasteiger partial charge in [-0.1, -0.05) is 11.6 Å². The summed E-state index contributed by atoms with van der Waals surface area (Å²) in [4.78, 5) is 17.4. The van der Waals surface area contributed by atoms with Crippen molar-refractivity contribution in [1.82, 2.24) is 14.5 Å². The Bertz CT molecular complexity index is 953. The van der Waals surface area contributed by atoms with Gasteiger partial charge in [-0.05, 0) is 30.8 Å². The van der Waals surface area contributed by atoms with Crippen LogP contribution in [-0.2, 0) is 28.9 Å². The standard InChI is InChI=1S/C18H18ClF2N3O2S/c19-11-1-2-12(20)16(17(11)21)10-7-14-13(22-18(27)24(14)9-10)8-15(25)23-3-5-26-6-4-23/h1-2,10H,3-9H2,(H,22,27)/t10-/m1/s1. The Balaban J connectivity index is 1.58. The van der Waals surface area contributed by atoms with Gasteiger partial charge in [-0.15, -0.1) is 0 Å². The maximum atomic E-state index is 14.4. The van der Waals surface area contributed by atoms with Crippen molar-refractivity contribution in [3.05, 3.63) is 50.5 Å². The van der Waals surface area contributed by atoms with Crippen molar-refractivity contribution in [2.45, 2.75) is 25.3 Å². The van der Waals surface area contributed by atoms with Gasteiger partial charge in [-0.3, -0.25) is 4.79 Å². The topological polar surface area (TPSA) is 50.3 Å². The average molecular weight is 414 g/mol. The Morgan fingerprint density at radius 1 is 1.33 bits per heavy atom. The van der Waals surface area contributed by atoms with E-state index in [2.05, 4.69) is 4.98 Å². The maximum Gasteiger partial charge on any atom is 0.228 e. The molecule has 9 heteroatoms. The van der Waals surface area contributed by atoms with E-state index in [0.29, 0.717) is 49.7 Å². The number of amides is 1. The number of fused-ring (bicyclic) bond motifs is 1. The summed E-state index contributed by atoms with van der Waals surface area (Å²) in [6.07, 6.45) is 0.576. The number of ether oxygens (including phenoxy) is 1. The number of hydrogen-bond acceptors (Lipinski definition) is 3. The number of hydrogen-bond donors (Lipinski definition) is 1. The predicted molar refractivity (Wildman–Crippen MR) is 98.5 cm³/mol. The van der Waals surface area contributed by atoms with Gasteiger partial charge in [0.2, 0.25) is 5.91 Å². The molecule has 2 aliphatic heterocycles. The van der Waals surface area contributed by atoms with Crippen LogP contribution in [-0.4, -0.2) is 46.7 Å². The molecule has 2 aromatic rings. The molecule has 27 heavy (non-hydrogen) atoms. The van der Waals surface area contributed by atoms with Crippen LogP contribution in [0.4, 0.5) is 8.78 Å². The normalized spacial score (nSPS) is 19.4. The first-order chi connectivity index (χ1) is 13.0. The number of carbonyl (C=O) groups is 1. The third kappa shape index (κ3) is 3.41. The highest BCUT2D eigenvalue weighted by Gasteiger charge is 2.32. The zero-order valence-electron chi connectivity index (χ0n) is 14.4. The van der Waals surface area contributed by atoms with Gasteiger partial charge < -0.3 is 19.2 Å². The molecule has 1 saturated heterocycles. The third-order valence-corrected chi connectivity index (χ3v) is 5.81. The number of carbonyl (C=O) groups excluding carboxylic acids is 1. The van der Waals surface area contributed by atoms with Crippen LogP contribution >= 0.6 is 23.8 Å². The van der Waals surface area contributed by atoms with Crippen LogP contribution in [0.5, 0.6) is 0 Å². The molecule has 144 valence electrons. The molecule has 2 aliphatic rings. The van der Waals surface area contributed by atoms with E-state index in [1.807, 2.05) is 4.57 Å². The summed E-state index contributed by atoms with van der Waals surface area (Å²) in [5, 5.41) is -0.101. The smallest absolute Gasteiger partial charge is 0.228 e. The van der Waals surface area contributed by atoms with E-state index in [1.54, 1.807) is 4.90 Å².